The molecule has 4 aromatic rings. The molecule has 0 saturated heterocycles. The van der Waals surface area contributed by atoms with Gasteiger partial charge in [0.05, 0.1) is 25.7 Å². The number of oxazole rings is 1. The Morgan fingerprint density at radius 3 is 2.38 bits per heavy atom. The van der Waals surface area contributed by atoms with Crippen LogP contribution in [0.25, 0.3) is 11.5 Å². The van der Waals surface area contributed by atoms with E-state index in [4.69, 9.17) is 28.1 Å². The van der Waals surface area contributed by atoms with Gasteiger partial charge in [-0.1, -0.05) is 6.07 Å². The van der Waals surface area contributed by atoms with Crippen molar-refractivity contribution in [1.29, 1.82) is 0 Å². The van der Waals surface area contributed by atoms with Gasteiger partial charge in [0.25, 0.3) is 0 Å². The van der Waals surface area contributed by atoms with Gasteiger partial charge in [-0.25, -0.2) is 8.42 Å². The second-order valence-electron chi connectivity index (χ2n) is 8.79. The lowest BCUT2D eigenvalue weighted by atomic mass is 10.1. The Labute approximate surface area is 232 Å². The van der Waals surface area contributed by atoms with E-state index in [1.807, 2.05) is 25.1 Å². The number of nitrogens with one attached hydrogen (secondary N) is 1. The van der Waals surface area contributed by atoms with Crippen LogP contribution in [0.1, 0.15) is 12.5 Å². The number of methoxy groups -OCH3 is 2. The van der Waals surface area contributed by atoms with Crippen LogP contribution in [-0.4, -0.2) is 54.0 Å². The lowest BCUT2D eigenvalue weighted by Gasteiger charge is -2.18. The second-order valence-corrected chi connectivity index (χ2v) is 10.7. The van der Waals surface area contributed by atoms with Crippen LogP contribution in [0, 0.1) is 0 Å². The average molecular weight is 567 g/mol. The fraction of sp³-hybridized carbons (Fsp3) is 0.276. The molecule has 1 aromatic heterocycles. The van der Waals surface area contributed by atoms with E-state index in [9.17, 15) is 8.42 Å². The molecule has 1 aliphatic rings. The highest BCUT2D eigenvalue weighted by Gasteiger charge is 2.30. The van der Waals surface area contributed by atoms with Crippen LogP contribution in [0.15, 0.2) is 75.0 Å². The Hall–Kier alpha value is -4.38. The van der Waals surface area contributed by atoms with Gasteiger partial charge in [-0.15, -0.1) is 0 Å². The summed E-state index contributed by atoms with van der Waals surface area (Å²) in [5.41, 5.74) is 1.57. The maximum Gasteiger partial charge on any atom is 0.233 e. The summed E-state index contributed by atoms with van der Waals surface area (Å²) < 4.78 is 60.9. The van der Waals surface area contributed by atoms with Crippen molar-refractivity contribution in [3.63, 3.8) is 0 Å². The lowest BCUT2D eigenvalue weighted by Crippen LogP contribution is -2.16. The summed E-state index contributed by atoms with van der Waals surface area (Å²) >= 11 is 0. The highest BCUT2D eigenvalue weighted by molar-refractivity contribution is 7.91. The quantitative estimate of drug-likeness (QED) is 0.265. The van der Waals surface area contributed by atoms with E-state index >= 15 is 0 Å². The van der Waals surface area contributed by atoms with Crippen LogP contribution in [-0.2, 0) is 16.3 Å². The minimum Gasteiger partial charge on any atom is -0.494 e. The molecule has 0 fully saturated rings. The van der Waals surface area contributed by atoms with Crippen molar-refractivity contribution in [1.82, 2.24) is 4.98 Å². The molecule has 0 amide bonds. The second kappa shape index (κ2) is 11.8. The topological polar surface area (TPSA) is 118 Å². The number of rotatable bonds is 11. The summed E-state index contributed by atoms with van der Waals surface area (Å²) in [5.74, 6) is 2.99. The van der Waals surface area contributed by atoms with Crippen molar-refractivity contribution in [2.24, 2.45) is 0 Å². The van der Waals surface area contributed by atoms with Gasteiger partial charge < -0.3 is 33.4 Å². The van der Waals surface area contributed by atoms with E-state index in [1.165, 1.54) is 12.1 Å². The fourth-order valence-corrected chi connectivity index (χ4v) is 5.54. The average Bonchev–Trinajstić information content (AvgIpc) is 3.42. The van der Waals surface area contributed by atoms with E-state index in [0.717, 1.165) is 5.56 Å². The molecular formula is C29H30N2O8S. The summed E-state index contributed by atoms with van der Waals surface area (Å²) in [6.45, 7) is 3.55. The van der Waals surface area contributed by atoms with E-state index in [-0.39, 0.29) is 21.7 Å². The Morgan fingerprint density at radius 1 is 0.900 bits per heavy atom. The number of ether oxygens (including phenoxy) is 5. The minimum absolute atomic E-state index is 0.0197. The molecule has 210 valence electrons. The number of hydrogen-bond acceptors (Lipinski definition) is 10. The van der Waals surface area contributed by atoms with Crippen LogP contribution in [0.3, 0.4) is 0 Å². The van der Waals surface area contributed by atoms with Crippen LogP contribution < -0.4 is 29.0 Å². The van der Waals surface area contributed by atoms with Crippen molar-refractivity contribution < 1.29 is 36.5 Å². The van der Waals surface area contributed by atoms with Gasteiger partial charge in [0.1, 0.15) is 19.0 Å². The van der Waals surface area contributed by atoms with Gasteiger partial charge in [-0.2, -0.15) is 4.98 Å². The largest absolute Gasteiger partial charge is 0.494 e. The number of nitrogens with zero attached hydrogens (tertiary/aromatic N) is 1. The lowest BCUT2D eigenvalue weighted by molar-refractivity contribution is 0.171. The molecule has 40 heavy (non-hydrogen) atoms. The normalized spacial score (nSPS) is 12.6. The van der Waals surface area contributed by atoms with Gasteiger partial charge in [-0.05, 0) is 67.4 Å². The van der Waals surface area contributed by atoms with Crippen LogP contribution in [0.2, 0.25) is 0 Å². The number of hydrogen-bond donors (Lipinski definition) is 1. The van der Waals surface area contributed by atoms with Crippen LogP contribution >= 0.6 is 0 Å². The molecule has 2 heterocycles. The molecule has 11 heteroatoms. The highest BCUT2D eigenvalue weighted by Crippen LogP contribution is 2.37. The summed E-state index contributed by atoms with van der Waals surface area (Å²) in [6, 6.07) is 17.2. The van der Waals surface area contributed by atoms with Crippen molar-refractivity contribution in [3.05, 3.63) is 66.2 Å². The van der Waals surface area contributed by atoms with Gasteiger partial charge in [-0.3, -0.25) is 0 Å². The van der Waals surface area contributed by atoms with Crippen LogP contribution in [0.5, 0.6) is 28.7 Å². The molecule has 0 saturated carbocycles. The molecule has 1 aliphatic heterocycles. The van der Waals surface area contributed by atoms with Gasteiger partial charge in [0, 0.05) is 18.2 Å². The molecular weight excluding hydrogens is 536 g/mol. The first-order chi connectivity index (χ1) is 19.4. The number of benzene rings is 3. The first kappa shape index (κ1) is 27.2. The van der Waals surface area contributed by atoms with Gasteiger partial charge in [0.2, 0.25) is 26.6 Å². The zero-order valence-electron chi connectivity index (χ0n) is 22.4. The van der Waals surface area contributed by atoms with E-state index in [1.54, 1.807) is 44.6 Å². The highest BCUT2D eigenvalue weighted by atomic mass is 32.2. The molecule has 0 aliphatic carbocycles. The monoisotopic (exact) mass is 566 g/mol. The van der Waals surface area contributed by atoms with Crippen molar-refractivity contribution in [2.45, 2.75) is 23.3 Å². The molecule has 0 atom stereocenters. The molecule has 0 bridgehead atoms. The smallest absolute Gasteiger partial charge is 0.233 e. The first-order valence-electron chi connectivity index (χ1n) is 12.8. The molecule has 1 N–H and O–H groups in total. The van der Waals surface area contributed by atoms with Crippen molar-refractivity contribution in [3.8, 4) is 40.2 Å². The van der Waals surface area contributed by atoms with Crippen LogP contribution in [0.4, 0.5) is 5.88 Å². The minimum atomic E-state index is -4.09. The van der Waals surface area contributed by atoms with E-state index < -0.39 is 9.84 Å². The maximum atomic E-state index is 13.8. The molecule has 5 rings (SSSR count). The van der Waals surface area contributed by atoms with Crippen molar-refractivity contribution in [2.75, 3.05) is 45.9 Å². The zero-order chi connectivity index (χ0) is 28.1. The predicted molar refractivity (Wildman–Crippen MR) is 148 cm³/mol. The number of aromatic nitrogens is 1. The Morgan fingerprint density at radius 2 is 1.65 bits per heavy atom. The molecule has 0 radical (unpaired) electrons. The summed E-state index contributed by atoms with van der Waals surface area (Å²) in [6.07, 6.45) is 0.558. The third kappa shape index (κ3) is 5.64. The standard InChI is InChI=1S/C29H30N2O8S/c1-4-36-21-8-6-20(7-9-21)27-31-29(40(32,33)22-10-12-24-26(18-22)38-16-15-37-24)28(39-27)30-14-13-19-5-11-23(34-2)25(17-19)35-3/h5-12,17-18,30H,4,13-16H2,1-3H3. The Balaban J connectivity index is 1.46. The van der Waals surface area contributed by atoms with E-state index in [0.29, 0.717) is 67.1 Å². The Bertz CT molecular complexity index is 1580. The predicted octanol–water partition coefficient (Wildman–Crippen LogP) is 5.02. The van der Waals surface area contributed by atoms with Gasteiger partial charge in [0.15, 0.2) is 23.0 Å². The molecule has 3 aromatic carbocycles. The molecule has 0 unspecified atom stereocenters. The Kier molecular flexibility index (Phi) is 8.01. The number of sulfone groups is 1. The van der Waals surface area contributed by atoms with Crippen molar-refractivity contribution >= 4 is 15.7 Å². The third-order valence-corrected chi connectivity index (χ3v) is 7.89. The SMILES string of the molecule is CCOc1ccc(-c2nc(S(=O)(=O)c3ccc4c(c3)OCCO4)c(NCCc3ccc(OC)c(OC)c3)o2)cc1. The summed E-state index contributed by atoms with van der Waals surface area (Å²) in [5, 5.41) is 2.90. The van der Waals surface area contributed by atoms with Gasteiger partial charge >= 0.3 is 0 Å². The summed E-state index contributed by atoms with van der Waals surface area (Å²) in [7, 11) is -0.933. The maximum absolute atomic E-state index is 13.8. The molecule has 0 spiro atoms. The summed E-state index contributed by atoms with van der Waals surface area (Å²) in [4.78, 5) is 4.45. The van der Waals surface area contributed by atoms with E-state index in [2.05, 4.69) is 10.3 Å². The first-order valence-corrected chi connectivity index (χ1v) is 14.2. The zero-order valence-corrected chi connectivity index (χ0v) is 23.2. The molecule has 10 nitrogen and oxygen atoms in total. The fourth-order valence-electron chi connectivity index (χ4n) is 4.24. The number of anilines is 1. The third-order valence-electron chi connectivity index (χ3n) is 6.23. The number of fused-ring (bicyclic) bond motifs is 1.